The van der Waals surface area contributed by atoms with Gasteiger partial charge in [-0.1, -0.05) is 56.2 Å². The second-order valence-electron chi connectivity index (χ2n) is 10.0. The molecule has 0 radical (unpaired) electrons. The Kier molecular flexibility index (Phi) is 10.0. The Labute approximate surface area is 202 Å². The maximum absolute atomic E-state index is 13.7. The third kappa shape index (κ3) is 7.58. The Morgan fingerprint density at radius 2 is 1.50 bits per heavy atom. The normalized spacial score (nSPS) is 19.0. The van der Waals surface area contributed by atoms with E-state index in [4.69, 9.17) is 0 Å². The van der Waals surface area contributed by atoms with Gasteiger partial charge < -0.3 is 10.2 Å². The molecule has 1 saturated carbocycles. The van der Waals surface area contributed by atoms with Gasteiger partial charge in [-0.25, -0.2) is 0 Å². The molecule has 1 fully saturated rings. The average molecular weight is 477 g/mol. The van der Waals surface area contributed by atoms with Gasteiger partial charge in [-0.2, -0.15) is 13.2 Å². The molecule has 1 aliphatic rings. The summed E-state index contributed by atoms with van der Waals surface area (Å²) in [5, 5.41) is 18.4. The molecule has 1 aliphatic carbocycles. The zero-order valence-corrected chi connectivity index (χ0v) is 20.3. The van der Waals surface area contributed by atoms with Gasteiger partial charge in [0, 0.05) is 19.1 Å². The zero-order chi connectivity index (χ0) is 24.6. The van der Waals surface area contributed by atoms with Crippen LogP contribution in [0.1, 0.15) is 85.6 Å². The summed E-state index contributed by atoms with van der Waals surface area (Å²) in [7, 11) is 0. The Hall–Kier alpha value is -1.85. The molecule has 0 spiro atoms. The molecule has 2 nitrogen and oxygen atoms in total. The summed E-state index contributed by atoms with van der Waals surface area (Å²) in [5.41, 5.74) is 2.75. The number of aliphatic hydroxyl groups excluding tert-OH is 2. The molecule has 0 aromatic heterocycles. The van der Waals surface area contributed by atoms with E-state index in [0.29, 0.717) is 42.7 Å². The maximum Gasteiger partial charge on any atom is 0.416 e. The Bertz CT molecular complexity index is 864. The van der Waals surface area contributed by atoms with Crippen LogP contribution in [0.3, 0.4) is 0 Å². The van der Waals surface area contributed by atoms with Gasteiger partial charge in [-0.05, 0) is 91.5 Å². The Morgan fingerprint density at radius 1 is 0.853 bits per heavy atom. The van der Waals surface area contributed by atoms with E-state index in [-0.39, 0.29) is 19.1 Å². The van der Waals surface area contributed by atoms with Gasteiger partial charge in [0.15, 0.2) is 0 Å². The molecule has 0 heterocycles. The quantitative estimate of drug-likeness (QED) is 0.363. The van der Waals surface area contributed by atoms with Gasteiger partial charge in [0.1, 0.15) is 0 Å². The monoisotopic (exact) mass is 476 g/mol. The minimum absolute atomic E-state index is 0.167. The van der Waals surface area contributed by atoms with Crippen LogP contribution >= 0.6 is 0 Å². The van der Waals surface area contributed by atoms with Crippen LogP contribution in [0.15, 0.2) is 42.5 Å². The van der Waals surface area contributed by atoms with E-state index in [1.165, 1.54) is 50.2 Å². The van der Waals surface area contributed by atoms with E-state index in [0.717, 1.165) is 11.5 Å². The molecule has 188 valence electrons. The van der Waals surface area contributed by atoms with Gasteiger partial charge in [0.05, 0.1) is 5.56 Å². The minimum atomic E-state index is -4.40. The largest absolute Gasteiger partial charge is 0.416 e. The number of rotatable bonds is 11. The van der Waals surface area contributed by atoms with Crippen LogP contribution in [0.4, 0.5) is 13.2 Å². The first-order valence-corrected chi connectivity index (χ1v) is 12.8. The van der Waals surface area contributed by atoms with Crippen LogP contribution in [0.5, 0.6) is 0 Å². The van der Waals surface area contributed by atoms with Crippen molar-refractivity contribution < 1.29 is 23.4 Å². The predicted molar refractivity (Wildman–Crippen MR) is 131 cm³/mol. The number of aliphatic hydroxyl groups is 2. The van der Waals surface area contributed by atoms with Crippen LogP contribution in [-0.2, 0) is 25.4 Å². The van der Waals surface area contributed by atoms with Crippen molar-refractivity contribution in [2.75, 3.05) is 13.2 Å². The standard InChI is InChI=1S/C29H39F3O2/c1-2-3-21-6-12-25(13-7-21)26-14-8-22(9-15-26)10-16-27-17-11-23(4-5-24(19-33)20-34)18-28(27)29(30,31)32/h8-9,11,14-15,17-18,21,24-25,33-34H,2-7,10,12-13,16,19-20H2,1H3. The summed E-state index contributed by atoms with van der Waals surface area (Å²) in [6.07, 6.45) is 5.04. The first-order valence-electron chi connectivity index (χ1n) is 12.8. The number of benzene rings is 2. The van der Waals surface area contributed by atoms with Crippen molar-refractivity contribution in [3.63, 3.8) is 0 Å². The molecule has 0 bridgehead atoms. The van der Waals surface area contributed by atoms with E-state index in [2.05, 4.69) is 31.2 Å². The number of hydrogen-bond donors (Lipinski definition) is 2. The average Bonchev–Trinajstić information content (AvgIpc) is 2.84. The molecule has 34 heavy (non-hydrogen) atoms. The number of aryl methyl sites for hydroxylation is 3. The van der Waals surface area contributed by atoms with Crippen molar-refractivity contribution in [2.45, 2.75) is 83.2 Å². The lowest BCUT2D eigenvalue weighted by Crippen LogP contribution is -2.13. The molecule has 3 rings (SSSR count). The fourth-order valence-corrected chi connectivity index (χ4v) is 5.30. The van der Waals surface area contributed by atoms with Crippen LogP contribution < -0.4 is 0 Å². The summed E-state index contributed by atoms with van der Waals surface area (Å²) >= 11 is 0. The fraction of sp³-hybridized carbons (Fsp3) is 0.586. The van der Waals surface area contributed by atoms with Gasteiger partial charge in [0.25, 0.3) is 0 Å². The molecule has 0 atom stereocenters. The van der Waals surface area contributed by atoms with E-state index >= 15 is 0 Å². The molecular weight excluding hydrogens is 437 g/mol. The van der Waals surface area contributed by atoms with E-state index in [1.807, 2.05) is 0 Å². The second-order valence-corrected chi connectivity index (χ2v) is 10.0. The highest BCUT2D eigenvalue weighted by atomic mass is 19.4. The topological polar surface area (TPSA) is 40.5 Å². The molecule has 0 saturated heterocycles. The highest BCUT2D eigenvalue weighted by Gasteiger charge is 2.33. The highest BCUT2D eigenvalue weighted by molar-refractivity contribution is 5.35. The molecule has 2 aromatic carbocycles. The molecule has 0 aliphatic heterocycles. The van der Waals surface area contributed by atoms with Gasteiger partial charge >= 0.3 is 6.18 Å². The second kappa shape index (κ2) is 12.7. The molecule has 2 aromatic rings. The van der Waals surface area contributed by atoms with Crippen molar-refractivity contribution >= 4 is 0 Å². The smallest absolute Gasteiger partial charge is 0.396 e. The van der Waals surface area contributed by atoms with E-state index in [9.17, 15) is 23.4 Å². The number of alkyl halides is 3. The van der Waals surface area contributed by atoms with Crippen molar-refractivity contribution in [3.05, 3.63) is 70.3 Å². The van der Waals surface area contributed by atoms with E-state index < -0.39 is 11.7 Å². The summed E-state index contributed by atoms with van der Waals surface area (Å²) in [6, 6.07) is 13.1. The zero-order valence-electron chi connectivity index (χ0n) is 20.3. The third-order valence-corrected chi connectivity index (χ3v) is 7.52. The van der Waals surface area contributed by atoms with Gasteiger partial charge in [-0.15, -0.1) is 0 Å². The van der Waals surface area contributed by atoms with Crippen LogP contribution in [-0.4, -0.2) is 23.4 Å². The van der Waals surface area contributed by atoms with Crippen LogP contribution in [0.25, 0.3) is 0 Å². The number of hydrogen-bond acceptors (Lipinski definition) is 2. The lowest BCUT2D eigenvalue weighted by molar-refractivity contribution is -0.138. The van der Waals surface area contributed by atoms with E-state index in [1.54, 1.807) is 12.1 Å². The van der Waals surface area contributed by atoms with Crippen molar-refractivity contribution in [1.82, 2.24) is 0 Å². The predicted octanol–water partition coefficient (Wildman–Crippen LogP) is 7.10. The number of halogens is 3. The first-order chi connectivity index (χ1) is 16.3. The third-order valence-electron chi connectivity index (χ3n) is 7.52. The summed E-state index contributed by atoms with van der Waals surface area (Å²) in [4.78, 5) is 0. The van der Waals surface area contributed by atoms with Crippen molar-refractivity contribution in [3.8, 4) is 0 Å². The van der Waals surface area contributed by atoms with Crippen LogP contribution in [0, 0.1) is 11.8 Å². The molecule has 0 unspecified atom stereocenters. The van der Waals surface area contributed by atoms with Gasteiger partial charge in [-0.3, -0.25) is 0 Å². The summed E-state index contributed by atoms with van der Waals surface area (Å²) in [5.74, 6) is 1.19. The SMILES string of the molecule is CCCC1CCC(c2ccc(CCc3ccc(CCC(CO)CO)cc3C(F)(F)F)cc2)CC1. The molecular formula is C29H39F3O2. The van der Waals surface area contributed by atoms with Crippen molar-refractivity contribution in [2.24, 2.45) is 11.8 Å². The lowest BCUT2D eigenvalue weighted by Gasteiger charge is -2.28. The maximum atomic E-state index is 13.7. The Balaban J connectivity index is 1.61. The molecule has 0 amide bonds. The van der Waals surface area contributed by atoms with Gasteiger partial charge in [0.2, 0.25) is 0 Å². The minimum Gasteiger partial charge on any atom is -0.396 e. The Morgan fingerprint density at radius 3 is 2.09 bits per heavy atom. The summed E-state index contributed by atoms with van der Waals surface area (Å²) in [6.45, 7) is 1.92. The fourth-order valence-electron chi connectivity index (χ4n) is 5.30. The van der Waals surface area contributed by atoms with Crippen molar-refractivity contribution in [1.29, 1.82) is 0 Å². The highest BCUT2D eigenvalue weighted by Crippen LogP contribution is 2.38. The van der Waals surface area contributed by atoms with Crippen LogP contribution in [0.2, 0.25) is 0 Å². The molecule has 5 heteroatoms. The lowest BCUT2D eigenvalue weighted by atomic mass is 9.77. The molecule has 2 N–H and O–H groups in total. The first kappa shape index (κ1) is 26.7. The summed E-state index contributed by atoms with van der Waals surface area (Å²) < 4.78 is 41.2.